The molecule has 254 valence electrons. The van der Waals surface area contributed by atoms with E-state index < -0.39 is 0 Å². The summed E-state index contributed by atoms with van der Waals surface area (Å²) >= 11 is 0. The maximum atomic E-state index is 2.47. The number of anilines is 3. The van der Waals surface area contributed by atoms with Gasteiger partial charge in [-0.25, -0.2) is 0 Å². The third kappa shape index (κ3) is 5.44. The maximum absolute atomic E-state index is 2.47. The monoisotopic (exact) mass is 688 g/mol. The average molecular weight is 689 g/mol. The van der Waals surface area contributed by atoms with E-state index in [4.69, 9.17) is 0 Å². The average Bonchev–Trinajstić information content (AvgIpc) is 3.58. The van der Waals surface area contributed by atoms with Crippen LogP contribution in [0.3, 0.4) is 0 Å². The van der Waals surface area contributed by atoms with Crippen LogP contribution >= 0.6 is 0 Å². The van der Waals surface area contributed by atoms with E-state index in [1.165, 1.54) is 60.4 Å². The van der Waals surface area contributed by atoms with E-state index in [1.54, 1.807) is 0 Å². The first-order chi connectivity index (χ1) is 26.8. The molecule has 0 N–H and O–H groups in total. The molecule has 0 bridgehead atoms. The topological polar surface area (TPSA) is 8.17 Å². The van der Waals surface area contributed by atoms with Crippen molar-refractivity contribution in [3.05, 3.63) is 218 Å². The summed E-state index contributed by atoms with van der Waals surface area (Å²) in [6.45, 7) is 0. The molecule has 0 spiro atoms. The number of benzene rings is 9. The van der Waals surface area contributed by atoms with Crippen LogP contribution in [0.5, 0.6) is 0 Å². The Labute approximate surface area is 315 Å². The zero-order valence-electron chi connectivity index (χ0n) is 29.7. The number of fused-ring (bicyclic) bond motifs is 4. The molecule has 10 rings (SSSR count). The molecule has 1 aromatic heterocycles. The SMILES string of the molecule is c1ccc(-c2ccc(-c3ccccc3)c(-n3c4ccccc4c4ccc(N(c5ccccc5)c5ccc(-c6ccccc6)c6ccccc56)cc43)c2)cc1. The molecule has 54 heavy (non-hydrogen) atoms. The Hall–Kier alpha value is -7.16. The number of rotatable bonds is 7. The van der Waals surface area contributed by atoms with Crippen molar-refractivity contribution in [3.63, 3.8) is 0 Å². The number of para-hydroxylation sites is 2. The van der Waals surface area contributed by atoms with E-state index in [1.807, 2.05) is 0 Å². The molecule has 0 radical (unpaired) electrons. The molecule has 9 aromatic carbocycles. The molecule has 2 heteroatoms. The Bertz CT molecular complexity index is 2910. The van der Waals surface area contributed by atoms with Gasteiger partial charge in [-0.1, -0.05) is 176 Å². The van der Waals surface area contributed by atoms with Crippen molar-refractivity contribution in [2.75, 3.05) is 4.90 Å². The van der Waals surface area contributed by atoms with Crippen molar-refractivity contribution in [3.8, 4) is 39.1 Å². The summed E-state index contributed by atoms with van der Waals surface area (Å²) in [5.41, 5.74) is 14.0. The summed E-state index contributed by atoms with van der Waals surface area (Å²) in [6.07, 6.45) is 0. The van der Waals surface area contributed by atoms with Gasteiger partial charge in [0.05, 0.1) is 22.4 Å². The Kier molecular flexibility index (Phi) is 7.85. The molecule has 0 saturated carbocycles. The van der Waals surface area contributed by atoms with Crippen LogP contribution in [0.25, 0.3) is 71.6 Å². The number of nitrogens with zero attached hydrogens (tertiary/aromatic N) is 2. The van der Waals surface area contributed by atoms with Gasteiger partial charge >= 0.3 is 0 Å². The summed E-state index contributed by atoms with van der Waals surface area (Å²) in [4.78, 5) is 2.41. The van der Waals surface area contributed by atoms with Crippen molar-refractivity contribution in [1.29, 1.82) is 0 Å². The van der Waals surface area contributed by atoms with Crippen LogP contribution in [0.4, 0.5) is 17.1 Å². The Morgan fingerprint density at radius 2 is 0.833 bits per heavy atom. The van der Waals surface area contributed by atoms with Crippen LogP contribution in [0, 0.1) is 0 Å². The highest BCUT2D eigenvalue weighted by molar-refractivity contribution is 6.12. The fourth-order valence-electron chi connectivity index (χ4n) is 8.10. The molecule has 10 aromatic rings. The summed E-state index contributed by atoms with van der Waals surface area (Å²) in [5.74, 6) is 0. The molecule has 0 saturated heterocycles. The predicted molar refractivity (Wildman–Crippen MR) is 229 cm³/mol. The second-order valence-electron chi connectivity index (χ2n) is 13.7. The van der Waals surface area contributed by atoms with E-state index in [9.17, 15) is 0 Å². The van der Waals surface area contributed by atoms with Gasteiger partial charge in [-0.3, -0.25) is 0 Å². The van der Waals surface area contributed by atoms with E-state index in [-0.39, 0.29) is 0 Å². The summed E-state index contributed by atoms with van der Waals surface area (Å²) in [6, 6.07) is 78.9. The van der Waals surface area contributed by atoms with Gasteiger partial charge in [0.1, 0.15) is 0 Å². The first kappa shape index (κ1) is 31.6. The molecule has 1 heterocycles. The van der Waals surface area contributed by atoms with Crippen molar-refractivity contribution in [2.24, 2.45) is 0 Å². The lowest BCUT2D eigenvalue weighted by atomic mass is 9.96. The zero-order chi connectivity index (χ0) is 35.8. The third-order valence-corrected chi connectivity index (χ3v) is 10.6. The second-order valence-corrected chi connectivity index (χ2v) is 13.7. The molecule has 0 aliphatic rings. The van der Waals surface area contributed by atoms with Crippen molar-refractivity contribution in [1.82, 2.24) is 4.57 Å². The quantitative estimate of drug-likeness (QED) is 0.162. The van der Waals surface area contributed by atoms with Crippen LogP contribution in [-0.4, -0.2) is 4.57 Å². The number of hydrogen-bond acceptors (Lipinski definition) is 1. The molecule has 0 fully saturated rings. The van der Waals surface area contributed by atoms with Crippen molar-refractivity contribution in [2.45, 2.75) is 0 Å². The molecule has 0 unspecified atom stereocenters. The van der Waals surface area contributed by atoms with Crippen molar-refractivity contribution < 1.29 is 0 Å². The molecule has 0 atom stereocenters. The number of aromatic nitrogens is 1. The zero-order valence-corrected chi connectivity index (χ0v) is 29.7. The lowest BCUT2D eigenvalue weighted by Crippen LogP contribution is -2.11. The van der Waals surface area contributed by atoms with Gasteiger partial charge in [0, 0.05) is 33.1 Å². The second kappa shape index (κ2) is 13.4. The van der Waals surface area contributed by atoms with Gasteiger partial charge < -0.3 is 9.47 Å². The molecular formula is C52H36N2. The van der Waals surface area contributed by atoms with Gasteiger partial charge in [-0.15, -0.1) is 0 Å². The van der Waals surface area contributed by atoms with Crippen LogP contribution in [0.2, 0.25) is 0 Å². The fourth-order valence-corrected chi connectivity index (χ4v) is 8.10. The first-order valence-corrected chi connectivity index (χ1v) is 18.5. The maximum Gasteiger partial charge on any atom is 0.0562 e. The lowest BCUT2D eigenvalue weighted by Gasteiger charge is -2.28. The fraction of sp³-hybridized carbons (Fsp3) is 0. The first-order valence-electron chi connectivity index (χ1n) is 18.5. The molecule has 2 nitrogen and oxygen atoms in total. The van der Waals surface area contributed by atoms with Gasteiger partial charge in [-0.05, 0) is 75.7 Å². The van der Waals surface area contributed by atoms with Gasteiger partial charge in [-0.2, -0.15) is 0 Å². The highest BCUT2D eigenvalue weighted by atomic mass is 15.1. The smallest absolute Gasteiger partial charge is 0.0562 e. The van der Waals surface area contributed by atoms with Crippen LogP contribution in [-0.2, 0) is 0 Å². The Morgan fingerprint density at radius 3 is 1.54 bits per heavy atom. The minimum absolute atomic E-state index is 1.09. The lowest BCUT2D eigenvalue weighted by molar-refractivity contribution is 1.18. The van der Waals surface area contributed by atoms with Gasteiger partial charge in [0.2, 0.25) is 0 Å². The minimum atomic E-state index is 1.09. The van der Waals surface area contributed by atoms with E-state index >= 15 is 0 Å². The molecule has 0 aliphatic heterocycles. The highest BCUT2D eigenvalue weighted by Crippen LogP contribution is 2.45. The third-order valence-electron chi connectivity index (χ3n) is 10.6. The highest BCUT2D eigenvalue weighted by Gasteiger charge is 2.21. The summed E-state index contributed by atoms with van der Waals surface area (Å²) in [7, 11) is 0. The standard InChI is InChI=1S/C52H36N2/c1-5-17-37(18-6-1)40-29-31-44(39-21-9-3-10-22-39)51(35-40)54-49-28-16-15-27-47(49)48-32-30-42(36-52(48)54)53(41-23-11-4-12-24-41)50-34-33-43(38-19-7-2-8-20-38)45-25-13-14-26-46(45)50/h1-36H. The molecule has 0 aliphatic carbocycles. The van der Waals surface area contributed by atoms with Crippen molar-refractivity contribution >= 4 is 49.6 Å². The minimum Gasteiger partial charge on any atom is -0.310 e. The van der Waals surface area contributed by atoms with E-state index in [2.05, 4.69) is 228 Å². The Balaban J connectivity index is 1.25. The van der Waals surface area contributed by atoms with E-state index in [0.29, 0.717) is 0 Å². The van der Waals surface area contributed by atoms with Gasteiger partial charge in [0.15, 0.2) is 0 Å². The van der Waals surface area contributed by atoms with Crippen LogP contribution < -0.4 is 4.90 Å². The van der Waals surface area contributed by atoms with Gasteiger partial charge in [0.25, 0.3) is 0 Å². The Morgan fingerprint density at radius 1 is 0.296 bits per heavy atom. The molecule has 0 amide bonds. The summed E-state index contributed by atoms with van der Waals surface area (Å²) < 4.78 is 2.47. The van der Waals surface area contributed by atoms with Crippen LogP contribution in [0.15, 0.2) is 218 Å². The number of hydrogen-bond donors (Lipinski definition) is 0. The normalized spacial score (nSPS) is 11.3. The molecular weight excluding hydrogens is 653 g/mol. The van der Waals surface area contributed by atoms with E-state index in [0.717, 1.165) is 28.3 Å². The van der Waals surface area contributed by atoms with Crippen LogP contribution in [0.1, 0.15) is 0 Å². The largest absolute Gasteiger partial charge is 0.310 e. The summed E-state index contributed by atoms with van der Waals surface area (Å²) in [5, 5.41) is 4.87. The predicted octanol–water partition coefficient (Wildman–Crippen LogP) is 14.4.